The van der Waals surface area contributed by atoms with Crippen molar-refractivity contribution in [2.24, 2.45) is 11.8 Å². The Bertz CT molecular complexity index is 539. The second-order valence-corrected chi connectivity index (χ2v) is 7.47. The summed E-state index contributed by atoms with van der Waals surface area (Å²) in [7, 11) is 1.41. The van der Waals surface area contributed by atoms with Gasteiger partial charge in [0.2, 0.25) is 0 Å². The van der Waals surface area contributed by atoms with Gasteiger partial charge < -0.3 is 4.74 Å². The van der Waals surface area contributed by atoms with Crippen LogP contribution in [0.5, 0.6) is 0 Å². The van der Waals surface area contributed by atoms with E-state index in [0.717, 1.165) is 24.7 Å². The Balaban J connectivity index is 0.000000563. The van der Waals surface area contributed by atoms with Crippen LogP contribution in [-0.4, -0.2) is 13.1 Å². The fourth-order valence-corrected chi connectivity index (χ4v) is 3.26. The molecule has 0 spiro atoms. The largest absolute Gasteiger partial charge is 0.469 e. The molecule has 1 aromatic carbocycles. The Kier molecular flexibility index (Phi) is 18.3. The lowest BCUT2D eigenvalue weighted by molar-refractivity contribution is -0.140. The summed E-state index contributed by atoms with van der Waals surface area (Å²) in [6.45, 7) is 8.31. The lowest BCUT2D eigenvalue weighted by Crippen LogP contribution is -1.98. The van der Waals surface area contributed by atoms with Crippen molar-refractivity contribution in [3.05, 3.63) is 60.2 Å². The average Bonchev–Trinajstić information content (AvgIpc) is 3.30. The number of esters is 1. The number of hydrogen-bond acceptors (Lipinski definition) is 2. The Labute approximate surface area is 180 Å². The molecule has 0 heterocycles. The number of benzene rings is 1. The van der Waals surface area contributed by atoms with Crippen molar-refractivity contribution >= 4 is 5.97 Å². The van der Waals surface area contributed by atoms with Crippen LogP contribution < -0.4 is 0 Å². The number of rotatable bonds is 9. The molecule has 2 heteroatoms. The number of allylic oxidation sites excluding steroid dienone is 4. The van der Waals surface area contributed by atoms with Crippen LogP contribution in [0.15, 0.2) is 54.6 Å². The van der Waals surface area contributed by atoms with Gasteiger partial charge >= 0.3 is 5.97 Å². The standard InChI is InChI=1S/C17H24.C8H14O2.C2H6/c1-15(12-14-17-9-5-6-10-17)11-13-16-7-3-2-4-8-16;1-3-4-5-6-7-8(9)10-2;1-2/h2-4,7-8,12,14-15,17H,5-6,9-11,13H2,1H3;3-4H,5-7H2,1-2H3;1-2H3/b14-12+;4-3+;. The number of hydrogen-bond donors (Lipinski definition) is 0. The van der Waals surface area contributed by atoms with E-state index in [2.05, 4.69) is 54.1 Å². The van der Waals surface area contributed by atoms with Crippen molar-refractivity contribution in [2.75, 3.05) is 7.11 Å². The van der Waals surface area contributed by atoms with Gasteiger partial charge in [-0.1, -0.05) is 88.2 Å². The van der Waals surface area contributed by atoms with Crippen LogP contribution in [0.4, 0.5) is 0 Å². The summed E-state index contributed by atoms with van der Waals surface area (Å²) in [4.78, 5) is 10.5. The Morgan fingerprint density at radius 1 is 1.17 bits per heavy atom. The van der Waals surface area contributed by atoms with Crippen LogP contribution in [0.1, 0.15) is 84.6 Å². The highest BCUT2D eigenvalue weighted by Gasteiger charge is 2.11. The van der Waals surface area contributed by atoms with E-state index in [9.17, 15) is 4.79 Å². The molecular formula is C27H44O2. The van der Waals surface area contributed by atoms with E-state index in [1.54, 1.807) is 0 Å². The lowest BCUT2D eigenvalue weighted by atomic mass is 9.98. The smallest absolute Gasteiger partial charge is 0.305 e. The van der Waals surface area contributed by atoms with Crippen molar-refractivity contribution in [2.45, 2.75) is 85.5 Å². The van der Waals surface area contributed by atoms with Gasteiger partial charge in [-0.2, -0.15) is 0 Å². The predicted octanol–water partition coefficient (Wildman–Crippen LogP) is 7.93. The fraction of sp³-hybridized carbons (Fsp3) is 0.593. The van der Waals surface area contributed by atoms with Gasteiger partial charge in [0.05, 0.1) is 7.11 Å². The molecule has 0 amide bonds. The van der Waals surface area contributed by atoms with E-state index in [1.807, 2.05) is 32.9 Å². The summed E-state index contributed by atoms with van der Waals surface area (Å²) < 4.78 is 4.47. The van der Waals surface area contributed by atoms with Crippen LogP contribution in [0.2, 0.25) is 0 Å². The number of carbonyl (C=O) groups excluding carboxylic acids is 1. The third kappa shape index (κ3) is 15.7. The molecule has 2 nitrogen and oxygen atoms in total. The molecule has 29 heavy (non-hydrogen) atoms. The second kappa shape index (κ2) is 19.5. The first-order chi connectivity index (χ1) is 14.2. The van der Waals surface area contributed by atoms with Crippen molar-refractivity contribution < 1.29 is 9.53 Å². The molecule has 1 aliphatic rings. The molecule has 1 fully saturated rings. The van der Waals surface area contributed by atoms with Crippen LogP contribution in [0, 0.1) is 11.8 Å². The summed E-state index contributed by atoms with van der Waals surface area (Å²) >= 11 is 0. The zero-order valence-corrected chi connectivity index (χ0v) is 19.5. The van der Waals surface area contributed by atoms with Gasteiger partial charge in [0.15, 0.2) is 0 Å². The summed E-state index contributed by atoms with van der Waals surface area (Å²) in [5.74, 6) is 1.48. The minimum atomic E-state index is -0.121. The highest BCUT2D eigenvalue weighted by Crippen LogP contribution is 2.26. The van der Waals surface area contributed by atoms with Gasteiger partial charge in [-0.25, -0.2) is 0 Å². The normalized spacial score (nSPS) is 14.8. The maximum Gasteiger partial charge on any atom is 0.305 e. The maximum atomic E-state index is 10.5. The van der Waals surface area contributed by atoms with Crippen LogP contribution in [0.25, 0.3) is 0 Å². The molecule has 0 N–H and O–H groups in total. The number of ether oxygens (including phenoxy) is 1. The van der Waals surface area contributed by atoms with Crippen LogP contribution >= 0.6 is 0 Å². The molecule has 2 rings (SSSR count). The summed E-state index contributed by atoms with van der Waals surface area (Å²) in [5.41, 5.74) is 1.47. The van der Waals surface area contributed by atoms with Crippen molar-refractivity contribution in [3.63, 3.8) is 0 Å². The molecule has 1 aromatic rings. The number of unbranched alkanes of at least 4 members (excludes halogenated alkanes) is 1. The van der Waals surface area contributed by atoms with Gasteiger partial charge in [-0.15, -0.1) is 0 Å². The molecule has 0 aromatic heterocycles. The lowest BCUT2D eigenvalue weighted by Gasteiger charge is -2.08. The van der Waals surface area contributed by atoms with Crippen LogP contribution in [0.3, 0.4) is 0 Å². The van der Waals surface area contributed by atoms with Gasteiger partial charge in [0, 0.05) is 6.42 Å². The second-order valence-electron chi connectivity index (χ2n) is 7.47. The molecule has 0 bridgehead atoms. The van der Waals surface area contributed by atoms with E-state index < -0.39 is 0 Å². The fourth-order valence-electron chi connectivity index (χ4n) is 3.26. The molecule has 1 saturated carbocycles. The van der Waals surface area contributed by atoms with Gasteiger partial charge in [0.1, 0.15) is 0 Å². The minimum absolute atomic E-state index is 0.121. The first kappa shape index (κ1) is 27.2. The van der Waals surface area contributed by atoms with E-state index >= 15 is 0 Å². The molecule has 0 radical (unpaired) electrons. The zero-order chi connectivity index (χ0) is 21.7. The average molecular weight is 401 g/mol. The first-order valence-electron chi connectivity index (χ1n) is 11.6. The molecular weight excluding hydrogens is 356 g/mol. The monoisotopic (exact) mass is 400 g/mol. The van der Waals surface area contributed by atoms with E-state index in [0.29, 0.717) is 6.42 Å². The van der Waals surface area contributed by atoms with Crippen LogP contribution in [-0.2, 0) is 16.0 Å². The minimum Gasteiger partial charge on any atom is -0.469 e. The number of carbonyl (C=O) groups is 1. The molecule has 1 atom stereocenters. The van der Waals surface area contributed by atoms with Crippen molar-refractivity contribution in [1.29, 1.82) is 0 Å². The molecule has 1 unspecified atom stereocenters. The Hall–Kier alpha value is -1.83. The third-order valence-electron chi connectivity index (χ3n) is 5.06. The predicted molar refractivity (Wildman–Crippen MR) is 127 cm³/mol. The van der Waals surface area contributed by atoms with Crippen molar-refractivity contribution in [1.82, 2.24) is 0 Å². The third-order valence-corrected chi connectivity index (χ3v) is 5.06. The molecule has 0 aliphatic heterocycles. The van der Waals surface area contributed by atoms with E-state index in [4.69, 9.17) is 0 Å². The molecule has 0 saturated heterocycles. The highest BCUT2D eigenvalue weighted by molar-refractivity contribution is 5.69. The molecule has 1 aliphatic carbocycles. The number of methoxy groups -OCH3 is 1. The molecule has 164 valence electrons. The first-order valence-corrected chi connectivity index (χ1v) is 11.6. The van der Waals surface area contributed by atoms with Gasteiger partial charge in [-0.05, 0) is 62.8 Å². The van der Waals surface area contributed by atoms with Crippen molar-refractivity contribution in [3.8, 4) is 0 Å². The number of aryl methyl sites for hydroxylation is 1. The van der Waals surface area contributed by atoms with Gasteiger partial charge in [0.25, 0.3) is 0 Å². The van der Waals surface area contributed by atoms with Gasteiger partial charge in [-0.3, -0.25) is 4.79 Å². The van der Waals surface area contributed by atoms with E-state index in [1.165, 1.54) is 51.2 Å². The van der Waals surface area contributed by atoms with E-state index in [-0.39, 0.29) is 5.97 Å². The quantitative estimate of drug-likeness (QED) is 0.239. The zero-order valence-electron chi connectivity index (χ0n) is 19.5. The summed E-state index contributed by atoms with van der Waals surface area (Å²) in [6.07, 6.45) is 19.5. The highest BCUT2D eigenvalue weighted by atomic mass is 16.5. The summed E-state index contributed by atoms with van der Waals surface area (Å²) in [6, 6.07) is 10.8. The summed E-state index contributed by atoms with van der Waals surface area (Å²) in [5, 5.41) is 0. The Morgan fingerprint density at radius 3 is 2.41 bits per heavy atom. The topological polar surface area (TPSA) is 26.3 Å². The SMILES string of the molecule is C/C=C/CCCC(=O)OC.CC.CC(/C=C/C1CCCC1)CCc1ccccc1. The Morgan fingerprint density at radius 2 is 1.83 bits per heavy atom. The maximum absolute atomic E-state index is 10.5.